The number of nitrogens with one attached hydrogen (secondary N) is 1. The van der Waals surface area contributed by atoms with Gasteiger partial charge in [-0.2, -0.15) is 0 Å². The Bertz CT molecular complexity index is 630. The maximum atomic E-state index is 13.4. The van der Waals surface area contributed by atoms with E-state index in [4.69, 9.17) is 4.74 Å². The number of hydrogen-bond donors (Lipinski definition) is 1. The van der Waals surface area contributed by atoms with Crippen LogP contribution in [0.15, 0.2) is 54.6 Å². The monoisotopic (exact) mass is 343 g/mol. The van der Waals surface area contributed by atoms with E-state index >= 15 is 0 Å². The molecule has 1 aliphatic heterocycles. The van der Waals surface area contributed by atoms with Crippen LogP contribution in [0.5, 0.6) is 0 Å². The summed E-state index contributed by atoms with van der Waals surface area (Å²) in [5.41, 5.74) is 1.28. The van der Waals surface area contributed by atoms with Crippen molar-refractivity contribution in [3.63, 3.8) is 0 Å². The zero-order valence-corrected chi connectivity index (χ0v) is 14.7. The highest BCUT2D eigenvalue weighted by molar-refractivity contribution is 5.72. The summed E-state index contributed by atoms with van der Waals surface area (Å²) in [5, 5.41) is 3.28. The fraction of sp³-hybridized carbons (Fsp3) is 0.381. The number of halogens is 1. The van der Waals surface area contributed by atoms with E-state index in [1.165, 1.54) is 38.4 Å². The summed E-state index contributed by atoms with van der Waals surface area (Å²) in [6.07, 6.45) is 3.83. The molecule has 0 radical (unpaired) electrons. The number of piperidine rings is 1. The molecule has 3 nitrogen and oxygen atoms in total. The van der Waals surface area contributed by atoms with Gasteiger partial charge >= 0.3 is 5.97 Å². The van der Waals surface area contributed by atoms with Crippen LogP contribution in [-0.2, 0) is 16.0 Å². The third-order valence-electron chi connectivity index (χ3n) is 4.08. The lowest BCUT2D eigenvalue weighted by atomic mass is 10.1. The molecule has 1 aliphatic rings. The van der Waals surface area contributed by atoms with Crippen molar-refractivity contribution in [2.75, 3.05) is 13.1 Å². The molecule has 2 aromatic rings. The van der Waals surface area contributed by atoms with Crippen LogP contribution >= 0.6 is 0 Å². The van der Waals surface area contributed by atoms with Gasteiger partial charge in [-0.1, -0.05) is 55.0 Å². The Labute approximate surface area is 149 Å². The van der Waals surface area contributed by atoms with Crippen LogP contribution in [0.2, 0.25) is 0 Å². The molecule has 1 saturated heterocycles. The van der Waals surface area contributed by atoms with E-state index in [1.807, 2.05) is 30.3 Å². The summed E-state index contributed by atoms with van der Waals surface area (Å²) in [7, 11) is 0. The summed E-state index contributed by atoms with van der Waals surface area (Å²) in [5.74, 6) is -0.812. The third-order valence-corrected chi connectivity index (χ3v) is 4.08. The van der Waals surface area contributed by atoms with Gasteiger partial charge in [-0.25, -0.2) is 4.39 Å². The zero-order valence-electron chi connectivity index (χ0n) is 14.7. The molecule has 0 aromatic heterocycles. The molecule has 4 heteroatoms. The Balaban J connectivity index is 0.000000316. The second-order valence-corrected chi connectivity index (χ2v) is 6.12. The van der Waals surface area contributed by atoms with Crippen LogP contribution < -0.4 is 5.32 Å². The van der Waals surface area contributed by atoms with Gasteiger partial charge in [-0.3, -0.25) is 4.79 Å². The molecule has 1 N–H and O–H groups in total. The van der Waals surface area contributed by atoms with Crippen molar-refractivity contribution < 1.29 is 13.9 Å². The second-order valence-electron chi connectivity index (χ2n) is 6.12. The quantitative estimate of drug-likeness (QED) is 0.835. The molecule has 3 rings (SSSR count). The van der Waals surface area contributed by atoms with Crippen molar-refractivity contribution >= 4 is 5.97 Å². The molecule has 0 amide bonds. The van der Waals surface area contributed by atoms with Crippen LogP contribution in [0.25, 0.3) is 0 Å². The van der Waals surface area contributed by atoms with Crippen molar-refractivity contribution in [1.29, 1.82) is 0 Å². The number of benzene rings is 2. The van der Waals surface area contributed by atoms with Crippen LogP contribution in [0.3, 0.4) is 0 Å². The van der Waals surface area contributed by atoms with Crippen molar-refractivity contribution in [1.82, 2.24) is 5.32 Å². The van der Waals surface area contributed by atoms with Gasteiger partial charge in [-0.05, 0) is 50.0 Å². The minimum absolute atomic E-state index is 0.0517. The first kappa shape index (κ1) is 19.1. The molecule has 134 valence electrons. The normalized spacial score (nSPS) is 14.8. The van der Waals surface area contributed by atoms with Crippen molar-refractivity contribution in [2.45, 2.75) is 38.7 Å². The van der Waals surface area contributed by atoms with E-state index in [9.17, 15) is 9.18 Å². The number of carbonyl (C=O) groups is 1. The van der Waals surface area contributed by atoms with Gasteiger partial charge in [0.25, 0.3) is 0 Å². The lowest BCUT2D eigenvalue weighted by Crippen LogP contribution is -2.21. The molecule has 2 aromatic carbocycles. The second kappa shape index (κ2) is 10.6. The summed E-state index contributed by atoms with van der Waals surface area (Å²) in [6.45, 7) is 4.30. The zero-order chi connectivity index (χ0) is 17.9. The molecule has 1 fully saturated rings. The summed E-state index contributed by atoms with van der Waals surface area (Å²) in [4.78, 5) is 11.8. The van der Waals surface area contributed by atoms with Gasteiger partial charge in [-0.15, -0.1) is 0 Å². The van der Waals surface area contributed by atoms with Gasteiger partial charge in [0.1, 0.15) is 11.9 Å². The SMILES string of the molecule is C1CCNCC1.CC(OC(=O)Cc1ccccc1F)c1ccccc1. The van der Waals surface area contributed by atoms with E-state index in [0.717, 1.165) is 5.56 Å². The van der Waals surface area contributed by atoms with E-state index in [2.05, 4.69) is 5.32 Å². The van der Waals surface area contributed by atoms with E-state index in [-0.39, 0.29) is 18.3 Å². The molecule has 1 heterocycles. The van der Waals surface area contributed by atoms with Gasteiger partial charge in [0.05, 0.1) is 6.42 Å². The fourth-order valence-corrected chi connectivity index (χ4v) is 2.63. The fourth-order valence-electron chi connectivity index (χ4n) is 2.63. The molecule has 1 unspecified atom stereocenters. The highest BCUT2D eigenvalue weighted by Crippen LogP contribution is 2.17. The number of hydrogen-bond acceptors (Lipinski definition) is 3. The molecule has 0 aliphatic carbocycles. The highest BCUT2D eigenvalue weighted by Gasteiger charge is 2.13. The third kappa shape index (κ3) is 7.06. The smallest absolute Gasteiger partial charge is 0.310 e. The lowest BCUT2D eigenvalue weighted by Gasteiger charge is -2.13. The van der Waals surface area contributed by atoms with Gasteiger partial charge in [0.2, 0.25) is 0 Å². The molecular formula is C21H26FNO2. The van der Waals surface area contributed by atoms with Crippen molar-refractivity contribution in [3.05, 3.63) is 71.5 Å². The molecule has 25 heavy (non-hydrogen) atoms. The molecule has 0 spiro atoms. The minimum atomic E-state index is -0.429. The minimum Gasteiger partial charge on any atom is -0.458 e. The number of ether oxygens (including phenoxy) is 1. The predicted molar refractivity (Wildman–Crippen MR) is 97.8 cm³/mol. The van der Waals surface area contributed by atoms with Gasteiger partial charge in [0.15, 0.2) is 0 Å². The predicted octanol–water partition coefficient (Wildman–Crippen LogP) is 4.43. The molecule has 0 saturated carbocycles. The van der Waals surface area contributed by atoms with E-state index in [1.54, 1.807) is 25.1 Å². The summed E-state index contributed by atoms with van der Waals surface area (Å²) >= 11 is 0. The first-order chi connectivity index (χ1) is 12.2. The molecular weight excluding hydrogens is 317 g/mol. The first-order valence-corrected chi connectivity index (χ1v) is 8.85. The lowest BCUT2D eigenvalue weighted by molar-refractivity contribution is -0.147. The maximum absolute atomic E-state index is 13.4. The Hall–Kier alpha value is -2.20. The van der Waals surface area contributed by atoms with Crippen LogP contribution in [0.1, 0.15) is 43.4 Å². The number of carbonyl (C=O) groups excluding carboxylic acids is 1. The topological polar surface area (TPSA) is 38.3 Å². The van der Waals surface area contributed by atoms with Crippen LogP contribution in [0.4, 0.5) is 4.39 Å². The average Bonchev–Trinajstić information content (AvgIpc) is 2.66. The van der Waals surface area contributed by atoms with E-state index < -0.39 is 5.97 Å². The maximum Gasteiger partial charge on any atom is 0.310 e. The molecule has 0 bridgehead atoms. The average molecular weight is 343 g/mol. The van der Waals surface area contributed by atoms with Gasteiger partial charge in [0, 0.05) is 0 Å². The first-order valence-electron chi connectivity index (χ1n) is 8.85. The number of rotatable bonds is 4. The van der Waals surface area contributed by atoms with E-state index in [0.29, 0.717) is 5.56 Å². The Kier molecular flexibility index (Phi) is 8.13. The largest absolute Gasteiger partial charge is 0.458 e. The molecule has 1 atom stereocenters. The Morgan fingerprint density at radius 3 is 2.24 bits per heavy atom. The van der Waals surface area contributed by atoms with Gasteiger partial charge < -0.3 is 10.1 Å². The highest BCUT2D eigenvalue weighted by atomic mass is 19.1. The standard InChI is InChI=1S/C16H15FO2.C5H11N/c1-12(13-7-3-2-4-8-13)19-16(18)11-14-9-5-6-10-15(14)17;1-2-4-6-5-3-1/h2-10,12H,11H2,1H3;6H,1-5H2. The van der Waals surface area contributed by atoms with Crippen LogP contribution in [-0.4, -0.2) is 19.1 Å². The Morgan fingerprint density at radius 2 is 1.68 bits per heavy atom. The Morgan fingerprint density at radius 1 is 1.04 bits per heavy atom. The van der Waals surface area contributed by atoms with Crippen molar-refractivity contribution in [2.24, 2.45) is 0 Å². The van der Waals surface area contributed by atoms with Crippen LogP contribution in [0, 0.1) is 5.82 Å². The summed E-state index contributed by atoms with van der Waals surface area (Å²) in [6, 6.07) is 15.7. The van der Waals surface area contributed by atoms with Crippen molar-refractivity contribution in [3.8, 4) is 0 Å². The number of esters is 1. The summed E-state index contributed by atoms with van der Waals surface area (Å²) < 4.78 is 18.7.